The van der Waals surface area contributed by atoms with Crippen LogP contribution in [-0.2, 0) is 0 Å². The molecule has 2 aliphatic rings. The minimum atomic E-state index is -0.272. The van der Waals surface area contributed by atoms with Gasteiger partial charge in [0.05, 0.1) is 0 Å². The van der Waals surface area contributed by atoms with Gasteiger partial charge in [0, 0.05) is 0 Å². The van der Waals surface area contributed by atoms with Gasteiger partial charge in [-0.05, 0) is 0 Å². The zero-order valence-electron chi connectivity index (χ0n) is 11.1. The standard InChI is InChI=1S/C16H18Se/c1-12-6-10-15(11-7-12)17-16-13-4-2-3-5-14(16)9-8-13/h2-7,10-11,13-14,16H,8-9H2,1H3/i16D. The summed E-state index contributed by atoms with van der Waals surface area (Å²) in [5, 5.41) is 0. The normalized spacial score (nSPS) is 35.7. The third kappa shape index (κ3) is 2.41. The van der Waals surface area contributed by atoms with E-state index in [0.29, 0.717) is 11.8 Å². The Morgan fingerprint density at radius 3 is 2.24 bits per heavy atom. The Balaban J connectivity index is 1.88. The molecule has 1 aromatic rings. The molecular weight excluding hydrogens is 271 g/mol. The Bertz CT molecular complexity index is 466. The van der Waals surface area contributed by atoms with Crippen molar-refractivity contribution in [2.75, 3.05) is 0 Å². The van der Waals surface area contributed by atoms with Crippen LogP contribution in [0.1, 0.15) is 19.8 Å². The molecule has 0 heterocycles. The molecule has 0 aromatic heterocycles. The minimum absolute atomic E-state index is 0.228. The summed E-state index contributed by atoms with van der Waals surface area (Å²) in [7, 11) is 0. The zero-order valence-corrected chi connectivity index (χ0v) is 11.8. The SMILES string of the molecule is [2H]C1([Se]c2ccc(C)cc2)C2C=CC=CC1CC2. The monoisotopic (exact) mass is 291 g/mol. The first-order valence-electron chi connectivity index (χ1n) is 6.79. The van der Waals surface area contributed by atoms with Gasteiger partial charge < -0.3 is 0 Å². The van der Waals surface area contributed by atoms with Crippen LogP contribution < -0.4 is 4.46 Å². The maximum absolute atomic E-state index is 8.95. The summed E-state index contributed by atoms with van der Waals surface area (Å²) in [6.07, 6.45) is 11.2. The molecule has 17 heavy (non-hydrogen) atoms. The topological polar surface area (TPSA) is 0 Å². The molecule has 1 fully saturated rings. The summed E-state index contributed by atoms with van der Waals surface area (Å²) < 4.78 is 10.3. The molecule has 2 atom stereocenters. The Kier molecular flexibility index (Phi) is 2.89. The number of aryl methyl sites for hydroxylation is 1. The van der Waals surface area contributed by atoms with Crippen molar-refractivity contribution in [2.45, 2.75) is 24.6 Å². The second-order valence-corrected chi connectivity index (χ2v) is 7.28. The van der Waals surface area contributed by atoms with Crippen LogP contribution in [0.4, 0.5) is 0 Å². The quantitative estimate of drug-likeness (QED) is 0.733. The van der Waals surface area contributed by atoms with Crippen molar-refractivity contribution in [3.05, 3.63) is 54.1 Å². The Labute approximate surface area is 111 Å². The second kappa shape index (κ2) is 4.84. The van der Waals surface area contributed by atoms with Crippen LogP contribution in [0.2, 0.25) is 4.79 Å². The third-order valence-electron chi connectivity index (χ3n) is 3.57. The van der Waals surface area contributed by atoms with Crippen LogP contribution in [0, 0.1) is 18.8 Å². The van der Waals surface area contributed by atoms with Crippen molar-refractivity contribution < 1.29 is 1.37 Å². The maximum atomic E-state index is 8.95. The second-order valence-electron chi connectivity index (χ2n) is 4.88. The molecule has 3 rings (SSSR count). The van der Waals surface area contributed by atoms with Crippen LogP contribution in [0.25, 0.3) is 0 Å². The molecule has 0 saturated heterocycles. The van der Waals surface area contributed by atoms with Crippen molar-refractivity contribution in [3.63, 3.8) is 0 Å². The van der Waals surface area contributed by atoms with E-state index in [4.69, 9.17) is 1.37 Å². The fourth-order valence-corrected chi connectivity index (χ4v) is 5.19. The van der Waals surface area contributed by atoms with Crippen molar-refractivity contribution in [2.24, 2.45) is 11.8 Å². The molecule has 0 aliphatic heterocycles. The number of allylic oxidation sites excluding steroid dienone is 4. The molecule has 1 heteroatoms. The number of benzene rings is 1. The van der Waals surface area contributed by atoms with E-state index in [1.54, 1.807) is 0 Å². The molecule has 2 bridgehead atoms. The van der Waals surface area contributed by atoms with Crippen LogP contribution in [0.15, 0.2) is 48.6 Å². The predicted molar refractivity (Wildman–Crippen MR) is 74.8 cm³/mol. The first kappa shape index (κ1) is 10.2. The Hall–Kier alpha value is -0.781. The van der Waals surface area contributed by atoms with E-state index >= 15 is 0 Å². The fraction of sp³-hybridized carbons (Fsp3) is 0.375. The molecule has 0 N–H and O–H groups in total. The van der Waals surface area contributed by atoms with E-state index in [-0.39, 0.29) is 19.7 Å². The van der Waals surface area contributed by atoms with Crippen LogP contribution in [0.3, 0.4) is 0 Å². The van der Waals surface area contributed by atoms with Crippen LogP contribution in [-0.4, -0.2) is 15.0 Å². The molecule has 0 radical (unpaired) electrons. The van der Waals surface area contributed by atoms with Crippen LogP contribution in [0.5, 0.6) is 0 Å². The Morgan fingerprint density at radius 2 is 1.65 bits per heavy atom. The van der Waals surface area contributed by atoms with Crippen molar-refractivity contribution in [1.29, 1.82) is 0 Å². The van der Waals surface area contributed by atoms with E-state index in [0.717, 1.165) is 0 Å². The van der Waals surface area contributed by atoms with Gasteiger partial charge in [0.2, 0.25) is 0 Å². The van der Waals surface area contributed by atoms with Gasteiger partial charge >= 0.3 is 111 Å². The summed E-state index contributed by atoms with van der Waals surface area (Å²) in [4.78, 5) is -0.272. The summed E-state index contributed by atoms with van der Waals surface area (Å²) >= 11 is 0.228. The summed E-state index contributed by atoms with van der Waals surface area (Å²) in [5.74, 6) is 0.887. The van der Waals surface area contributed by atoms with E-state index in [2.05, 4.69) is 55.5 Å². The van der Waals surface area contributed by atoms with Crippen LogP contribution >= 0.6 is 0 Å². The van der Waals surface area contributed by atoms with E-state index in [1.807, 2.05) is 0 Å². The van der Waals surface area contributed by atoms with Gasteiger partial charge in [-0.25, -0.2) is 0 Å². The van der Waals surface area contributed by atoms with Gasteiger partial charge in [0.25, 0.3) is 0 Å². The van der Waals surface area contributed by atoms with Gasteiger partial charge in [-0.1, -0.05) is 0 Å². The van der Waals surface area contributed by atoms with E-state index in [1.165, 1.54) is 22.9 Å². The summed E-state index contributed by atoms with van der Waals surface area (Å²) in [6.45, 7) is 2.12. The van der Waals surface area contributed by atoms with Gasteiger partial charge in [-0.15, -0.1) is 0 Å². The van der Waals surface area contributed by atoms with E-state index < -0.39 is 0 Å². The molecule has 0 nitrogen and oxygen atoms in total. The molecular formula is C16H18Se. The molecule has 88 valence electrons. The van der Waals surface area contributed by atoms with Crippen molar-refractivity contribution >= 4 is 19.4 Å². The molecule has 2 aliphatic carbocycles. The third-order valence-corrected chi connectivity index (χ3v) is 6.40. The number of fused-ring (bicyclic) bond motifs is 2. The molecule has 1 saturated carbocycles. The fourth-order valence-electron chi connectivity index (χ4n) is 2.59. The predicted octanol–water partition coefficient (Wildman–Crippen LogP) is 3.27. The van der Waals surface area contributed by atoms with Gasteiger partial charge in [-0.2, -0.15) is 0 Å². The molecule has 2 unspecified atom stereocenters. The number of hydrogen-bond donors (Lipinski definition) is 0. The average molecular weight is 290 g/mol. The molecule has 0 spiro atoms. The first-order chi connectivity index (χ1) is 8.68. The summed E-state index contributed by atoms with van der Waals surface area (Å²) in [6, 6.07) is 8.77. The van der Waals surface area contributed by atoms with E-state index in [9.17, 15) is 0 Å². The summed E-state index contributed by atoms with van der Waals surface area (Å²) in [5.41, 5.74) is 1.30. The average Bonchev–Trinajstić information content (AvgIpc) is 2.51. The number of hydrogen-bond acceptors (Lipinski definition) is 0. The molecule has 1 aromatic carbocycles. The van der Waals surface area contributed by atoms with Gasteiger partial charge in [0.1, 0.15) is 0 Å². The Morgan fingerprint density at radius 1 is 1.06 bits per heavy atom. The first-order valence-corrected chi connectivity index (χ1v) is 8.00. The van der Waals surface area contributed by atoms with Crippen molar-refractivity contribution in [1.82, 2.24) is 0 Å². The van der Waals surface area contributed by atoms with Gasteiger partial charge in [-0.3, -0.25) is 0 Å². The van der Waals surface area contributed by atoms with Gasteiger partial charge in [0.15, 0.2) is 0 Å². The number of rotatable bonds is 2. The van der Waals surface area contributed by atoms with Crippen molar-refractivity contribution in [3.8, 4) is 0 Å². The molecule has 0 amide bonds. The zero-order chi connectivity index (χ0) is 12.6.